The smallest absolute Gasteiger partial charge is 0.344 e. The van der Waals surface area contributed by atoms with Crippen LogP contribution in [0.25, 0.3) is 0 Å². The van der Waals surface area contributed by atoms with Gasteiger partial charge in [0.05, 0.1) is 0 Å². The molecule has 0 spiro atoms. The zero-order chi connectivity index (χ0) is 15.5. The Bertz CT molecular complexity index is 442. The average Bonchev–Trinajstić information content (AvgIpc) is 2.51. The maximum atomic E-state index is 11.5. The van der Waals surface area contributed by atoms with Crippen LogP contribution in [0.5, 0.6) is 0 Å². The summed E-state index contributed by atoms with van der Waals surface area (Å²) in [6.45, 7) is 0.295. The maximum Gasteiger partial charge on any atom is 0.344 e. The van der Waals surface area contributed by atoms with Crippen LogP contribution in [-0.4, -0.2) is 31.1 Å². The fourth-order valence-electron chi connectivity index (χ4n) is 1.64. The van der Waals surface area contributed by atoms with E-state index in [0.717, 1.165) is 18.4 Å². The molecule has 1 aromatic carbocycles. The van der Waals surface area contributed by atoms with E-state index in [-0.39, 0.29) is 19.0 Å². The van der Waals surface area contributed by atoms with Crippen molar-refractivity contribution < 1.29 is 19.1 Å². The molecule has 1 rings (SSSR count). The largest absolute Gasteiger partial charge is 0.458 e. The number of hydrogen-bond acceptors (Lipinski definition) is 6. The fourth-order valence-corrected chi connectivity index (χ4v) is 1.64. The molecular weight excluding hydrogens is 308 g/mol. The first kappa shape index (κ1) is 20.4. The molecule has 0 aromatic heterocycles. The number of nitrogens with two attached hydrogens (primary N) is 2. The van der Waals surface area contributed by atoms with Crippen molar-refractivity contribution in [2.45, 2.75) is 31.9 Å². The predicted octanol–water partition coefficient (Wildman–Crippen LogP) is 1.15. The Morgan fingerprint density at radius 3 is 2.41 bits per heavy atom. The van der Waals surface area contributed by atoms with Gasteiger partial charge < -0.3 is 20.9 Å². The summed E-state index contributed by atoms with van der Waals surface area (Å²) in [7, 11) is 0. The van der Waals surface area contributed by atoms with Gasteiger partial charge in [-0.15, -0.1) is 12.4 Å². The molecule has 0 aliphatic carbocycles. The molecule has 0 aliphatic rings. The summed E-state index contributed by atoms with van der Waals surface area (Å²) < 4.78 is 9.80. The number of halogens is 1. The van der Waals surface area contributed by atoms with Gasteiger partial charge in [0.2, 0.25) is 0 Å². The van der Waals surface area contributed by atoms with Crippen LogP contribution in [0.15, 0.2) is 30.3 Å². The van der Waals surface area contributed by atoms with Crippen LogP contribution in [0.3, 0.4) is 0 Å². The van der Waals surface area contributed by atoms with E-state index in [1.54, 1.807) is 0 Å². The molecule has 124 valence electrons. The van der Waals surface area contributed by atoms with E-state index in [4.69, 9.17) is 20.9 Å². The topological polar surface area (TPSA) is 105 Å². The van der Waals surface area contributed by atoms with E-state index in [2.05, 4.69) is 0 Å². The van der Waals surface area contributed by atoms with Crippen molar-refractivity contribution in [1.82, 2.24) is 0 Å². The summed E-state index contributed by atoms with van der Waals surface area (Å²) >= 11 is 0. The lowest BCUT2D eigenvalue weighted by Gasteiger charge is -2.11. The minimum absolute atomic E-state index is 0. The fraction of sp³-hybridized carbons (Fsp3) is 0.467. The highest BCUT2D eigenvalue weighted by atomic mass is 35.5. The van der Waals surface area contributed by atoms with Gasteiger partial charge in [-0.3, -0.25) is 4.79 Å². The van der Waals surface area contributed by atoms with Crippen LogP contribution in [0.1, 0.15) is 24.8 Å². The molecule has 4 N–H and O–H groups in total. The number of esters is 2. The molecule has 0 unspecified atom stereocenters. The van der Waals surface area contributed by atoms with Crippen molar-refractivity contribution >= 4 is 24.3 Å². The summed E-state index contributed by atoms with van der Waals surface area (Å²) in [6.07, 6.45) is 2.06. The van der Waals surface area contributed by atoms with E-state index < -0.39 is 24.6 Å². The molecular formula is C15H23ClN2O4. The molecule has 0 bridgehead atoms. The summed E-state index contributed by atoms with van der Waals surface area (Å²) in [5.41, 5.74) is 11.9. The van der Waals surface area contributed by atoms with E-state index in [0.29, 0.717) is 13.0 Å². The van der Waals surface area contributed by atoms with Gasteiger partial charge in [0.1, 0.15) is 12.6 Å². The SMILES string of the molecule is Cl.NCCCC[C@H](N)C(=O)OCC(=O)OCc1ccccc1. The van der Waals surface area contributed by atoms with E-state index in [1.807, 2.05) is 30.3 Å². The first-order valence-corrected chi connectivity index (χ1v) is 6.95. The number of ether oxygens (including phenoxy) is 2. The molecule has 1 atom stereocenters. The number of hydrogen-bond donors (Lipinski definition) is 2. The van der Waals surface area contributed by atoms with E-state index >= 15 is 0 Å². The van der Waals surface area contributed by atoms with E-state index in [9.17, 15) is 9.59 Å². The van der Waals surface area contributed by atoms with Crippen molar-refractivity contribution in [3.05, 3.63) is 35.9 Å². The minimum atomic E-state index is -0.724. The van der Waals surface area contributed by atoms with Gasteiger partial charge in [0.25, 0.3) is 0 Å². The van der Waals surface area contributed by atoms with Crippen molar-refractivity contribution in [2.24, 2.45) is 11.5 Å². The summed E-state index contributed by atoms with van der Waals surface area (Å²) in [5.74, 6) is -1.19. The number of rotatable bonds is 9. The van der Waals surface area contributed by atoms with Crippen LogP contribution >= 0.6 is 12.4 Å². The van der Waals surface area contributed by atoms with Gasteiger partial charge in [-0.2, -0.15) is 0 Å². The summed E-state index contributed by atoms with van der Waals surface area (Å²) in [6, 6.07) is 8.53. The van der Waals surface area contributed by atoms with Crippen LogP contribution in [0, 0.1) is 0 Å². The Hall–Kier alpha value is -1.63. The highest BCUT2D eigenvalue weighted by molar-refractivity contribution is 5.85. The molecule has 1 aromatic rings. The van der Waals surface area contributed by atoms with Crippen LogP contribution < -0.4 is 11.5 Å². The second kappa shape index (κ2) is 12.0. The Balaban J connectivity index is 0.00000441. The highest BCUT2D eigenvalue weighted by Gasteiger charge is 2.16. The molecule has 0 fully saturated rings. The summed E-state index contributed by atoms with van der Waals surface area (Å²) in [5, 5.41) is 0. The number of carbonyl (C=O) groups is 2. The number of benzene rings is 1. The molecule has 22 heavy (non-hydrogen) atoms. The van der Waals surface area contributed by atoms with Gasteiger partial charge in [-0.05, 0) is 24.9 Å². The molecule has 0 saturated heterocycles. The number of carbonyl (C=O) groups excluding carboxylic acids is 2. The Labute approximate surface area is 136 Å². The molecule has 0 heterocycles. The zero-order valence-electron chi connectivity index (χ0n) is 12.4. The third kappa shape index (κ3) is 8.61. The van der Waals surface area contributed by atoms with Crippen molar-refractivity contribution in [2.75, 3.05) is 13.2 Å². The molecule has 0 amide bonds. The standard InChI is InChI=1S/C15H22N2O4.ClH/c16-9-5-4-8-13(17)15(19)21-11-14(18)20-10-12-6-2-1-3-7-12;/h1-3,6-7,13H,4-5,8-11,16-17H2;1H/t13-;/m0./s1. The van der Waals surface area contributed by atoms with Crippen molar-refractivity contribution in [1.29, 1.82) is 0 Å². The quantitative estimate of drug-likeness (QED) is 0.520. The van der Waals surface area contributed by atoms with Gasteiger partial charge in [0.15, 0.2) is 6.61 Å². The molecule has 0 saturated carbocycles. The lowest BCUT2D eigenvalue weighted by Crippen LogP contribution is -2.33. The van der Waals surface area contributed by atoms with Gasteiger partial charge >= 0.3 is 11.9 Å². The Morgan fingerprint density at radius 1 is 1.09 bits per heavy atom. The van der Waals surface area contributed by atoms with Crippen LogP contribution in [0.4, 0.5) is 0 Å². The van der Waals surface area contributed by atoms with Gasteiger partial charge in [-0.1, -0.05) is 36.8 Å². The van der Waals surface area contributed by atoms with Crippen LogP contribution in [-0.2, 0) is 25.7 Å². The second-order valence-corrected chi connectivity index (χ2v) is 4.64. The zero-order valence-corrected chi connectivity index (χ0v) is 13.2. The van der Waals surface area contributed by atoms with Crippen LogP contribution in [0.2, 0.25) is 0 Å². The monoisotopic (exact) mass is 330 g/mol. The summed E-state index contributed by atoms with van der Waals surface area (Å²) in [4.78, 5) is 23.0. The first-order valence-electron chi connectivity index (χ1n) is 6.95. The Kier molecular flexibility index (Phi) is 11.1. The third-order valence-corrected chi connectivity index (χ3v) is 2.85. The molecule has 6 nitrogen and oxygen atoms in total. The number of unbranched alkanes of at least 4 members (excludes halogenated alkanes) is 1. The third-order valence-electron chi connectivity index (χ3n) is 2.85. The van der Waals surface area contributed by atoms with Gasteiger partial charge in [-0.25, -0.2) is 4.79 Å². The molecule has 0 radical (unpaired) electrons. The first-order chi connectivity index (χ1) is 10.1. The lowest BCUT2D eigenvalue weighted by atomic mass is 10.1. The Morgan fingerprint density at radius 2 is 1.77 bits per heavy atom. The predicted molar refractivity (Wildman–Crippen MR) is 85.3 cm³/mol. The van der Waals surface area contributed by atoms with E-state index in [1.165, 1.54) is 0 Å². The van der Waals surface area contributed by atoms with Gasteiger partial charge in [0, 0.05) is 0 Å². The molecule has 0 aliphatic heterocycles. The van der Waals surface area contributed by atoms with Crippen molar-refractivity contribution in [3.8, 4) is 0 Å². The highest BCUT2D eigenvalue weighted by Crippen LogP contribution is 2.02. The maximum absolute atomic E-state index is 11.5. The normalized spacial score (nSPS) is 11.2. The average molecular weight is 331 g/mol. The lowest BCUT2D eigenvalue weighted by molar-refractivity contribution is -0.160. The van der Waals surface area contributed by atoms with Crippen molar-refractivity contribution in [3.63, 3.8) is 0 Å². The second-order valence-electron chi connectivity index (χ2n) is 4.64. The molecule has 7 heteroatoms. The minimum Gasteiger partial charge on any atom is -0.458 e.